The number of hydrogen-bond acceptors (Lipinski definition) is 3. The monoisotopic (exact) mass is 266 g/mol. The molecule has 3 nitrogen and oxygen atoms in total. The molecule has 0 radical (unpaired) electrons. The number of rotatable bonds is 5. The van der Waals surface area contributed by atoms with E-state index in [1.54, 1.807) is 6.92 Å². The van der Waals surface area contributed by atoms with Crippen molar-refractivity contribution in [2.45, 2.75) is 49.9 Å². The third-order valence-corrected chi connectivity index (χ3v) is 3.54. The van der Waals surface area contributed by atoms with Gasteiger partial charge in [0.25, 0.3) is 0 Å². The minimum Gasteiger partial charge on any atom is -0.348 e. The zero-order chi connectivity index (χ0) is 13.7. The lowest BCUT2D eigenvalue weighted by Crippen LogP contribution is -2.39. The predicted octanol–water partition coefficient (Wildman–Crippen LogP) is 2.71. The molecule has 0 aromatic heterocycles. The Morgan fingerprint density at radius 2 is 1.72 bits per heavy atom. The normalized spacial score (nSPS) is 14.3. The van der Waals surface area contributed by atoms with Gasteiger partial charge >= 0.3 is 0 Å². The van der Waals surface area contributed by atoms with Crippen LogP contribution < -0.4 is 11.1 Å². The van der Waals surface area contributed by atoms with E-state index in [0.717, 1.165) is 5.56 Å². The Morgan fingerprint density at radius 3 is 2.17 bits per heavy atom. The highest BCUT2D eigenvalue weighted by Crippen LogP contribution is 2.24. The molecule has 18 heavy (non-hydrogen) atoms. The molecule has 100 valence electrons. The van der Waals surface area contributed by atoms with Gasteiger partial charge in [-0.3, -0.25) is 4.79 Å². The average molecular weight is 266 g/mol. The van der Waals surface area contributed by atoms with E-state index >= 15 is 0 Å². The minimum absolute atomic E-state index is 0.0124. The third-order valence-electron chi connectivity index (χ3n) is 2.52. The van der Waals surface area contributed by atoms with Crippen LogP contribution in [-0.4, -0.2) is 17.2 Å². The number of hydrogen-bond donors (Lipinski definition) is 2. The molecule has 0 saturated carbocycles. The molecule has 4 heteroatoms. The van der Waals surface area contributed by atoms with Gasteiger partial charge < -0.3 is 11.1 Å². The minimum atomic E-state index is -0.469. The zero-order valence-electron chi connectivity index (χ0n) is 11.4. The first-order valence-electron chi connectivity index (χ1n) is 6.22. The third kappa shape index (κ3) is 4.70. The lowest BCUT2D eigenvalue weighted by atomic mass is 10.1. The van der Waals surface area contributed by atoms with Crippen LogP contribution in [0.15, 0.2) is 29.2 Å². The number of carbonyl (C=O) groups is 1. The van der Waals surface area contributed by atoms with E-state index in [2.05, 4.69) is 43.4 Å². The molecule has 0 heterocycles. The number of benzene rings is 1. The lowest BCUT2D eigenvalue weighted by molar-refractivity contribution is -0.122. The van der Waals surface area contributed by atoms with Gasteiger partial charge in [0.2, 0.25) is 5.91 Å². The summed E-state index contributed by atoms with van der Waals surface area (Å²) in [7, 11) is 0. The topological polar surface area (TPSA) is 55.1 Å². The van der Waals surface area contributed by atoms with E-state index in [9.17, 15) is 4.79 Å². The molecular weight excluding hydrogens is 244 g/mol. The first-order chi connectivity index (χ1) is 8.40. The first-order valence-corrected chi connectivity index (χ1v) is 7.10. The highest BCUT2D eigenvalue weighted by molar-refractivity contribution is 7.99. The van der Waals surface area contributed by atoms with Crippen molar-refractivity contribution >= 4 is 17.7 Å². The number of amides is 1. The second kappa shape index (κ2) is 6.81. The molecule has 3 N–H and O–H groups in total. The van der Waals surface area contributed by atoms with Gasteiger partial charge in [0.05, 0.1) is 12.1 Å². The van der Waals surface area contributed by atoms with Crippen LogP contribution in [0.3, 0.4) is 0 Å². The second-order valence-corrected chi connectivity index (χ2v) is 6.40. The van der Waals surface area contributed by atoms with E-state index in [1.807, 2.05) is 18.7 Å². The summed E-state index contributed by atoms with van der Waals surface area (Å²) in [5, 5.41) is 3.46. The molecular formula is C14H22N2OS. The van der Waals surface area contributed by atoms with Crippen molar-refractivity contribution < 1.29 is 4.79 Å². The molecule has 0 spiro atoms. The fourth-order valence-corrected chi connectivity index (χ4v) is 2.37. The van der Waals surface area contributed by atoms with E-state index in [-0.39, 0.29) is 11.9 Å². The summed E-state index contributed by atoms with van der Waals surface area (Å²) in [5.74, 6) is -0.122. The van der Waals surface area contributed by atoms with E-state index in [1.165, 1.54) is 4.90 Å². The maximum atomic E-state index is 11.5. The summed E-state index contributed by atoms with van der Waals surface area (Å²) < 4.78 is 0. The smallest absolute Gasteiger partial charge is 0.237 e. The molecule has 0 aliphatic carbocycles. The second-order valence-electron chi connectivity index (χ2n) is 4.75. The number of nitrogens with one attached hydrogen (secondary N) is 1. The highest BCUT2D eigenvalue weighted by atomic mass is 32.2. The standard InChI is InChI=1S/C14H22N2OS/c1-9(2)18-13-7-5-12(6-8-13)11(4)16-14(17)10(3)15/h5-11H,15H2,1-4H3,(H,16,17)/t10-,11?/m1/s1. The molecule has 1 aromatic carbocycles. The fraction of sp³-hybridized carbons (Fsp3) is 0.500. The van der Waals surface area contributed by atoms with Crippen LogP contribution in [-0.2, 0) is 4.79 Å². The van der Waals surface area contributed by atoms with Crippen molar-refractivity contribution in [1.29, 1.82) is 0 Å². The van der Waals surface area contributed by atoms with Crippen LogP contribution in [0.4, 0.5) is 0 Å². The first kappa shape index (κ1) is 15.1. The fourth-order valence-electron chi connectivity index (χ4n) is 1.54. The van der Waals surface area contributed by atoms with Crippen molar-refractivity contribution in [2.75, 3.05) is 0 Å². The van der Waals surface area contributed by atoms with Gasteiger partial charge in [0.1, 0.15) is 0 Å². The summed E-state index contributed by atoms with van der Waals surface area (Å²) in [6, 6.07) is 7.81. The van der Waals surface area contributed by atoms with Gasteiger partial charge in [-0.2, -0.15) is 0 Å². The van der Waals surface area contributed by atoms with Crippen LogP contribution in [0.25, 0.3) is 0 Å². The van der Waals surface area contributed by atoms with Crippen LogP contribution >= 0.6 is 11.8 Å². The quantitative estimate of drug-likeness (QED) is 0.806. The molecule has 1 rings (SSSR count). The van der Waals surface area contributed by atoms with Gasteiger partial charge in [-0.15, -0.1) is 11.8 Å². The lowest BCUT2D eigenvalue weighted by Gasteiger charge is -2.16. The zero-order valence-corrected chi connectivity index (χ0v) is 12.3. The van der Waals surface area contributed by atoms with Crippen molar-refractivity contribution in [1.82, 2.24) is 5.32 Å². The Bertz CT molecular complexity index is 387. The van der Waals surface area contributed by atoms with Crippen molar-refractivity contribution in [2.24, 2.45) is 5.73 Å². The van der Waals surface area contributed by atoms with Crippen molar-refractivity contribution in [3.8, 4) is 0 Å². The summed E-state index contributed by atoms with van der Waals surface area (Å²) in [6.45, 7) is 7.99. The van der Waals surface area contributed by atoms with Crippen LogP contribution in [0.1, 0.15) is 39.3 Å². The van der Waals surface area contributed by atoms with Gasteiger partial charge in [-0.25, -0.2) is 0 Å². The predicted molar refractivity (Wildman–Crippen MR) is 77.6 cm³/mol. The summed E-state index contributed by atoms with van der Waals surface area (Å²) in [5.41, 5.74) is 6.62. The molecule has 1 aromatic rings. The van der Waals surface area contributed by atoms with Crippen LogP contribution in [0.5, 0.6) is 0 Å². The summed E-state index contributed by atoms with van der Waals surface area (Å²) >= 11 is 1.83. The SMILES string of the molecule is CC(C)Sc1ccc(C(C)NC(=O)[C@@H](C)N)cc1. The average Bonchev–Trinajstić information content (AvgIpc) is 2.28. The van der Waals surface area contributed by atoms with Crippen molar-refractivity contribution in [3.05, 3.63) is 29.8 Å². The Kier molecular flexibility index (Phi) is 5.69. The van der Waals surface area contributed by atoms with Crippen LogP contribution in [0.2, 0.25) is 0 Å². The molecule has 0 bridgehead atoms. The number of nitrogens with two attached hydrogens (primary N) is 1. The Balaban J connectivity index is 2.64. The van der Waals surface area contributed by atoms with Gasteiger partial charge in [0, 0.05) is 10.1 Å². The maximum Gasteiger partial charge on any atom is 0.237 e. The van der Waals surface area contributed by atoms with Gasteiger partial charge in [0.15, 0.2) is 0 Å². The molecule has 0 fully saturated rings. The Labute approximate surface area is 114 Å². The maximum absolute atomic E-state index is 11.5. The molecule has 0 aliphatic rings. The Morgan fingerprint density at radius 1 is 1.17 bits per heavy atom. The molecule has 1 unspecified atom stereocenters. The molecule has 2 atom stereocenters. The van der Waals surface area contributed by atoms with Gasteiger partial charge in [-0.1, -0.05) is 26.0 Å². The van der Waals surface area contributed by atoms with Crippen molar-refractivity contribution in [3.63, 3.8) is 0 Å². The van der Waals surface area contributed by atoms with E-state index in [0.29, 0.717) is 5.25 Å². The summed E-state index contributed by atoms with van der Waals surface area (Å²) in [6.07, 6.45) is 0. The molecule has 0 aliphatic heterocycles. The largest absolute Gasteiger partial charge is 0.348 e. The number of thioether (sulfide) groups is 1. The summed E-state index contributed by atoms with van der Waals surface area (Å²) in [4.78, 5) is 12.7. The Hall–Kier alpha value is -1.00. The molecule has 0 saturated heterocycles. The van der Waals surface area contributed by atoms with E-state index < -0.39 is 6.04 Å². The number of carbonyl (C=O) groups excluding carboxylic acids is 1. The van der Waals surface area contributed by atoms with Gasteiger partial charge in [-0.05, 0) is 31.5 Å². The molecule has 1 amide bonds. The van der Waals surface area contributed by atoms with E-state index in [4.69, 9.17) is 5.73 Å². The van der Waals surface area contributed by atoms with Crippen LogP contribution in [0, 0.1) is 0 Å². The highest BCUT2D eigenvalue weighted by Gasteiger charge is 2.12.